The third-order valence-corrected chi connectivity index (χ3v) is 5.28. The van der Waals surface area contributed by atoms with Crippen LogP contribution in [0.5, 0.6) is 0 Å². The summed E-state index contributed by atoms with van der Waals surface area (Å²) < 4.78 is 0. The van der Waals surface area contributed by atoms with Gasteiger partial charge in [0.15, 0.2) is 0 Å². The van der Waals surface area contributed by atoms with Crippen molar-refractivity contribution < 1.29 is 9.90 Å². The summed E-state index contributed by atoms with van der Waals surface area (Å²) in [5.74, 6) is -1.22. The zero-order chi connectivity index (χ0) is 20.2. The van der Waals surface area contributed by atoms with Gasteiger partial charge in [-0.3, -0.25) is 9.69 Å². The first-order chi connectivity index (χ1) is 14.1. The molecule has 0 bridgehead atoms. The first-order valence-corrected chi connectivity index (χ1v) is 9.68. The Balaban J connectivity index is 1.45. The van der Waals surface area contributed by atoms with Crippen LogP contribution in [0.25, 0.3) is 11.3 Å². The van der Waals surface area contributed by atoms with E-state index in [9.17, 15) is 9.59 Å². The Bertz CT molecular complexity index is 1050. The summed E-state index contributed by atoms with van der Waals surface area (Å²) in [4.78, 5) is 30.5. The number of hydrogen-bond acceptors (Lipinski definition) is 4. The smallest absolute Gasteiger partial charge is 0.341 e. The van der Waals surface area contributed by atoms with Gasteiger partial charge in [0, 0.05) is 49.7 Å². The first kappa shape index (κ1) is 19.0. The summed E-state index contributed by atoms with van der Waals surface area (Å²) in [6.45, 7) is 4.81. The molecule has 1 saturated heterocycles. The van der Waals surface area contributed by atoms with E-state index in [2.05, 4.69) is 45.1 Å². The number of H-pyrrole nitrogens is 1. The van der Waals surface area contributed by atoms with Gasteiger partial charge in [-0.2, -0.15) is 0 Å². The summed E-state index contributed by atoms with van der Waals surface area (Å²) in [5.41, 5.74) is 3.07. The molecule has 4 rings (SSSR count). The molecule has 29 heavy (non-hydrogen) atoms. The lowest BCUT2D eigenvalue weighted by Gasteiger charge is -2.36. The summed E-state index contributed by atoms with van der Waals surface area (Å²) in [5, 5.41) is 9.03. The largest absolute Gasteiger partial charge is 0.477 e. The summed E-state index contributed by atoms with van der Waals surface area (Å²) >= 11 is 0. The van der Waals surface area contributed by atoms with Gasteiger partial charge in [-0.25, -0.2) is 4.79 Å². The fourth-order valence-corrected chi connectivity index (χ4v) is 3.69. The fourth-order valence-electron chi connectivity index (χ4n) is 3.69. The van der Waals surface area contributed by atoms with E-state index in [4.69, 9.17) is 5.11 Å². The Hall–Kier alpha value is -3.38. The number of rotatable bonds is 5. The Morgan fingerprint density at radius 2 is 1.69 bits per heavy atom. The maximum atomic E-state index is 12.0. The summed E-state index contributed by atoms with van der Waals surface area (Å²) in [6, 6.07) is 21.5. The van der Waals surface area contributed by atoms with Gasteiger partial charge < -0.3 is 15.0 Å². The Morgan fingerprint density at radius 1 is 0.931 bits per heavy atom. The van der Waals surface area contributed by atoms with E-state index in [1.165, 1.54) is 11.6 Å². The van der Waals surface area contributed by atoms with Gasteiger partial charge in [0.05, 0.1) is 0 Å². The van der Waals surface area contributed by atoms with Crippen LogP contribution in [0, 0.1) is 0 Å². The number of carbonyl (C=O) groups is 1. The van der Waals surface area contributed by atoms with Crippen LogP contribution in [0.2, 0.25) is 0 Å². The molecule has 148 valence electrons. The second kappa shape index (κ2) is 8.32. The van der Waals surface area contributed by atoms with Crippen LogP contribution in [0.4, 0.5) is 5.69 Å². The summed E-state index contributed by atoms with van der Waals surface area (Å²) in [6.07, 6.45) is 0. The molecule has 0 radical (unpaired) electrons. The quantitative estimate of drug-likeness (QED) is 0.701. The molecule has 2 aromatic carbocycles. The molecule has 1 aliphatic rings. The Labute approximate surface area is 169 Å². The van der Waals surface area contributed by atoms with Crippen LogP contribution in [0.15, 0.2) is 71.5 Å². The molecule has 0 saturated carbocycles. The maximum absolute atomic E-state index is 12.0. The predicted molar refractivity (Wildman–Crippen MR) is 113 cm³/mol. The van der Waals surface area contributed by atoms with Crippen molar-refractivity contribution in [2.75, 3.05) is 31.1 Å². The van der Waals surface area contributed by atoms with E-state index in [0.29, 0.717) is 5.69 Å². The summed E-state index contributed by atoms with van der Waals surface area (Å²) in [7, 11) is 0. The highest BCUT2D eigenvalue weighted by molar-refractivity contribution is 5.87. The van der Waals surface area contributed by atoms with Gasteiger partial charge in [0.1, 0.15) is 5.56 Å². The van der Waals surface area contributed by atoms with Crippen LogP contribution >= 0.6 is 0 Å². The Kier molecular flexibility index (Phi) is 5.44. The molecule has 0 spiro atoms. The number of pyridine rings is 1. The number of anilines is 1. The second-order valence-electron chi connectivity index (χ2n) is 7.22. The average Bonchev–Trinajstić information content (AvgIpc) is 2.75. The van der Waals surface area contributed by atoms with Gasteiger partial charge in [0.25, 0.3) is 5.56 Å². The number of carboxylic acids is 1. The SMILES string of the molecule is O=C(O)c1ccc(-c2cccc(N3CCN(Cc4ccccc4)CC3)c2)[nH]c1=O. The van der Waals surface area contributed by atoms with Crippen molar-refractivity contribution in [1.29, 1.82) is 0 Å². The number of aromatic amines is 1. The van der Waals surface area contributed by atoms with Crippen molar-refractivity contribution in [3.63, 3.8) is 0 Å². The highest BCUT2D eigenvalue weighted by atomic mass is 16.4. The molecule has 6 heteroatoms. The third-order valence-electron chi connectivity index (χ3n) is 5.28. The predicted octanol–water partition coefficient (Wildman–Crippen LogP) is 3.06. The molecule has 1 fully saturated rings. The highest BCUT2D eigenvalue weighted by Gasteiger charge is 2.18. The van der Waals surface area contributed by atoms with E-state index in [1.54, 1.807) is 6.07 Å². The van der Waals surface area contributed by atoms with Crippen molar-refractivity contribution in [1.82, 2.24) is 9.88 Å². The third kappa shape index (κ3) is 4.38. The lowest BCUT2D eigenvalue weighted by atomic mass is 10.1. The molecule has 3 aromatic rings. The van der Waals surface area contributed by atoms with Crippen LogP contribution in [-0.2, 0) is 6.54 Å². The number of nitrogens with one attached hydrogen (secondary N) is 1. The molecule has 6 nitrogen and oxygen atoms in total. The van der Waals surface area contributed by atoms with Gasteiger partial charge >= 0.3 is 5.97 Å². The van der Waals surface area contributed by atoms with E-state index >= 15 is 0 Å². The molecule has 1 aliphatic heterocycles. The Morgan fingerprint density at radius 3 is 2.38 bits per heavy atom. The van der Waals surface area contributed by atoms with Crippen molar-refractivity contribution in [2.45, 2.75) is 6.54 Å². The number of hydrogen-bond donors (Lipinski definition) is 2. The van der Waals surface area contributed by atoms with Crippen molar-refractivity contribution in [3.8, 4) is 11.3 Å². The topological polar surface area (TPSA) is 76.6 Å². The van der Waals surface area contributed by atoms with Crippen molar-refractivity contribution in [3.05, 3.63) is 88.2 Å². The molecule has 1 aromatic heterocycles. The molecule has 0 aliphatic carbocycles. The molecule has 2 heterocycles. The second-order valence-corrected chi connectivity index (χ2v) is 7.22. The number of carboxylic acid groups (broad SMARTS) is 1. The van der Waals surface area contributed by atoms with Crippen LogP contribution in [0.3, 0.4) is 0 Å². The zero-order valence-corrected chi connectivity index (χ0v) is 16.0. The van der Waals surface area contributed by atoms with E-state index in [0.717, 1.165) is 44.0 Å². The number of benzene rings is 2. The van der Waals surface area contributed by atoms with Gasteiger partial charge in [-0.1, -0.05) is 42.5 Å². The highest BCUT2D eigenvalue weighted by Crippen LogP contribution is 2.24. The molecule has 2 N–H and O–H groups in total. The van der Waals surface area contributed by atoms with Crippen LogP contribution in [0.1, 0.15) is 15.9 Å². The van der Waals surface area contributed by atoms with Gasteiger partial charge in [-0.15, -0.1) is 0 Å². The minimum absolute atomic E-state index is 0.251. The van der Waals surface area contributed by atoms with E-state index < -0.39 is 11.5 Å². The lowest BCUT2D eigenvalue weighted by Crippen LogP contribution is -2.45. The van der Waals surface area contributed by atoms with Gasteiger partial charge in [-0.05, 0) is 29.8 Å². The van der Waals surface area contributed by atoms with Crippen molar-refractivity contribution >= 4 is 11.7 Å². The van der Waals surface area contributed by atoms with E-state index in [1.807, 2.05) is 24.3 Å². The molecular weight excluding hydrogens is 366 g/mol. The molecule has 0 atom stereocenters. The van der Waals surface area contributed by atoms with Gasteiger partial charge in [0.2, 0.25) is 0 Å². The zero-order valence-electron chi connectivity index (χ0n) is 16.0. The molecule has 0 unspecified atom stereocenters. The minimum atomic E-state index is -1.22. The van der Waals surface area contributed by atoms with Crippen LogP contribution in [-0.4, -0.2) is 47.1 Å². The fraction of sp³-hybridized carbons (Fsp3) is 0.217. The number of aromatic carboxylic acids is 1. The number of nitrogens with zero attached hydrogens (tertiary/aromatic N) is 2. The molecule has 0 amide bonds. The maximum Gasteiger partial charge on any atom is 0.341 e. The monoisotopic (exact) mass is 389 g/mol. The number of piperazine rings is 1. The van der Waals surface area contributed by atoms with E-state index in [-0.39, 0.29) is 5.56 Å². The number of aromatic nitrogens is 1. The normalized spacial score (nSPS) is 14.7. The average molecular weight is 389 g/mol. The first-order valence-electron chi connectivity index (χ1n) is 9.68. The molecular formula is C23H23N3O3. The lowest BCUT2D eigenvalue weighted by molar-refractivity contribution is 0.0695. The van der Waals surface area contributed by atoms with Crippen LogP contribution < -0.4 is 10.5 Å². The standard InChI is InChI=1S/C23H23N3O3/c27-22-20(23(28)29)9-10-21(24-22)18-7-4-8-19(15-18)26-13-11-25(12-14-26)16-17-5-2-1-3-6-17/h1-10,15H,11-14,16H2,(H,24,27)(H,28,29). The minimum Gasteiger partial charge on any atom is -0.477 e. The van der Waals surface area contributed by atoms with Crippen molar-refractivity contribution in [2.24, 2.45) is 0 Å².